The maximum Gasteiger partial charge on any atom is 0.0513 e. The van der Waals surface area contributed by atoms with E-state index >= 15 is 0 Å². The van der Waals surface area contributed by atoms with Crippen LogP contribution < -0.4 is 5.43 Å². The van der Waals surface area contributed by atoms with Crippen molar-refractivity contribution in [2.24, 2.45) is 5.10 Å². The van der Waals surface area contributed by atoms with Crippen LogP contribution in [-0.4, -0.2) is 12.8 Å². The number of rotatable bonds is 0. The van der Waals surface area contributed by atoms with Crippen LogP contribution in [0.15, 0.2) is 29.4 Å². The first-order valence-corrected chi connectivity index (χ1v) is 3.06. The van der Waals surface area contributed by atoms with Crippen molar-refractivity contribution in [1.29, 1.82) is 0 Å². The van der Waals surface area contributed by atoms with Crippen LogP contribution in [0.1, 0.15) is 6.42 Å². The van der Waals surface area contributed by atoms with E-state index in [2.05, 4.69) is 16.6 Å². The monoisotopic (exact) mass is 122 g/mol. The Morgan fingerprint density at radius 1 is 1.22 bits per heavy atom. The Hall–Kier alpha value is -1.05. The van der Waals surface area contributed by atoms with Crippen LogP contribution in [0.3, 0.4) is 0 Å². The molecule has 0 radical (unpaired) electrons. The number of hydrogen-bond acceptors (Lipinski definition) is 2. The molecule has 0 aromatic rings. The first-order chi connectivity index (χ1) is 4.50. The van der Waals surface area contributed by atoms with E-state index in [0.29, 0.717) is 0 Å². The van der Waals surface area contributed by atoms with Gasteiger partial charge in [0.25, 0.3) is 0 Å². The number of nitrogens with one attached hydrogen (secondary N) is 1. The van der Waals surface area contributed by atoms with Crippen LogP contribution in [0.25, 0.3) is 0 Å². The minimum atomic E-state index is 0.820. The van der Waals surface area contributed by atoms with Crippen molar-refractivity contribution >= 4 is 6.21 Å². The molecule has 0 atom stereocenters. The molecule has 9 heavy (non-hydrogen) atoms. The number of hydrazone groups is 1. The molecule has 0 aliphatic carbocycles. The third kappa shape index (κ3) is 2.69. The van der Waals surface area contributed by atoms with Crippen molar-refractivity contribution in [1.82, 2.24) is 5.43 Å². The lowest BCUT2D eigenvalue weighted by Crippen LogP contribution is -2.03. The summed E-state index contributed by atoms with van der Waals surface area (Å²) in [7, 11) is 0. The second kappa shape index (κ2) is 3.89. The molecule has 1 N–H and O–H groups in total. The number of nitrogens with zero attached hydrogens (tertiary/aromatic N) is 1. The van der Waals surface area contributed by atoms with E-state index in [0.717, 1.165) is 13.0 Å². The summed E-state index contributed by atoms with van der Waals surface area (Å²) in [5.41, 5.74) is 2.87. The lowest BCUT2D eigenvalue weighted by molar-refractivity contribution is 0.829. The van der Waals surface area contributed by atoms with Crippen molar-refractivity contribution in [2.75, 3.05) is 6.54 Å². The Morgan fingerprint density at radius 3 is 3.11 bits per heavy atom. The van der Waals surface area contributed by atoms with Gasteiger partial charge in [0.1, 0.15) is 0 Å². The molecule has 0 aromatic heterocycles. The fraction of sp³-hybridized carbons (Fsp3) is 0.286. The number of allylic oxidation sites excluding steroid dienone is 3. The van der Waals surface area contributed by atoms with Crippen LogP contribution in [0.4, 0.5) is 0 Å². The smallest absolute Gasteiger partial charge is 0.0513 e. The summed E-state index contributed by atoms with van der Waals surface area (Å²) in [4.78, 5) is 0. The van der Waals surface area contributed by atoms with Gasteiger partial charge in [0.2, 0.25) is 0 Å². The van der Waals surface area contributed by atoms with E-state index in [1.165, 1.54) is 0 Å². The molecule has 1 heterocycles. The molecule has 0 unspecified atom stereocenters. The second-order valence-electron chi connectivity index (χ2n) is 1.77. The topological polar surface area (TPSA) is 24.4 Å². The summed E-state index contributed by atoms with van der Waals surface area (Å²) >= 11 is 0. The van der Waals surface area contributed by atoms with E-state index in [-0.39, 0.29) is 0 Å². The second-order valence-corrected chi connectivity index (χ2v) is 1.77. The minimum absolute atomic E-state index is 0.820. The zero-order chi connectivity index (χ0) is 6.36. The zero-order valence-electron chi connectivity index (χ0n) is 5.25. The third-order valence-corrected chi connectivity index (χ3v) is 1.02. The molecule has 0 bridgehead atoms. The lowest BCUT2D eigenvalue weighted by Gasteiger charge is -1.88. The van der Waals surface area contributed by atoms with E-state index < -0.39 is 0 Å². The van der Waals surface area contributed by atoms with Crippen LogP contribution >= 0.6 is 0 Å². The van der Waals surface area contributed by atoms with Gasteiger partial charge in [0, 0.05) is 12.6 Å². The van der Waals surface area contributed by atoms with Gasteiger partial charge >= 0.3 is 0 Å². The van der Waals surface area contributed by atoms with Crippen molar-refractivity contribution in [2.45, 2.75) is 6.42 Å². The molecule has 0 amide bonds. The molecule has 2 heteroatoms. The quantitative estimate of drug-likeness (QED) is 0.510. The SMILES string of the molecule is C1=CC/C=N\NCC=C1. The summed E-state index contributed by atoms with van der Waals surface area (Å²) < 4.78 is 0. The van der Waals surface area contributed by atoms with E-state index in [1.54, 1.807) is 0 Å². The minimum Gasteiger partial charge on any atom is -0.307 e. The van der Waals surface area contributed by atoms with Gasteiger partial charge in [-0.05, 0) is 0 Å². The molecule has 1 aliphatic rings. The van der Waals surface area contributed by atoms with Gasteiger partial charge in [-0.15, -0.1) is 0 Å². The highest BCUT2D eigenvalue weighted by molar-refractivity contribution is 5.59. The molecule has 1 rings (SSSR count). The van der Waals surface area contributed by atoms with Crippen LogP contribution in [0.5, 0.6) is 0 Å². The van der Waals surface area contributed by atoms with Crippen LogP contribution in [0.2, 0.25) is 0 Å². The average Bonchev–Trinajstić information content (AvgIpc) is 2.00. The Balaban J connectivity index is 2.43. The van der Waals surface area contributed by atoms with Gasteiger partial charge in [-0.25, -0.2) is 0 Å². The summed E-state index contributed by atoms with van der Waals surface area (Å²) in [5, 5.41) is 3.91. The molecule has 1 aliphatic heterocycles. The van der Waals surface area contributed by atoms with Crippen molar-refractivity contribution < 1.29 is 0 Å². The molecule has 0 saturated heterocycles. The standard InChI is InChI=1S/C7H10N2/c1-2-4-6-8-9-7-5-3-1/h1-4,7-8H,5-6H2/b3-1?,4-2?,9-7-. The van der Waals surface area contributed by atoms with Crippen LogP contribution in [0, 0.1) is 0 Å². The van der Waals surface area contributed by atoms with E-state index in [9.17, 15) is 0 Å². The zero-order valence-corrected chi connectivity index (χ0v) is 5.25. The molecule has 0 fully saturated rings. The highest BCUT2D eigenvalue weighted by Crippen LogP contribution is 1.83. The van der Waals surface area contributed by atoms with Crippen molar-refractivity contribution in [3.63, 3.8) is 0 Å². The average molecular weight is 122 g/mol. The highest BCUT2D eigenvalue weighted by atomic mass is 15.3. The fourth-order valence-electron chi connectivity index (χ4n) is 0.587. The molecule has 48 valence electrons. The first kappa shape index (κ1) is 6.08. The maximum atomic E-state index is 3.91. The van der Waals surface area contributed by atoms with Crippen LogP contribution in [-0.2, 0) is 0 Å². The fourth-order valence-corrected chi connectivity index (χ4v) is 0.587. The Kier molecular flexibility index (Phi) is 2.63. The summed E-state index contributed by atoms with van der Waals surface area (Å²) in [6.07, 6.45) is 10.9. The Bertz CT molecular complexity index is 145. The lowest BCUT2D eigenvalue weighted by atomic mass is 10.4. The summed E-state index contributed by atoms with van der Waals surface area (Å²) in [6, 6.07) is 0. The van der Waals surface area contributed by atoms with E-state index in [1.807, 2.05) is 24.4 Å². The molecular formula is C7H10N2. The first-order valence-electron chi connectivity index (χ1n) is 3.06. The van der Waals surface area contributed by atoms with Gasteiger partial charge in [-0.1, -0.05) is 24.3 Å². The Labute approximate surface area is 55.0 Å². The van der Waals surface area contributed by atoms with Crippen molar-refractivity contribution in [3.8, 4) is 0 Å². The third-order valence-electron chi connectivity index (χ3n) is 1.02. The van der Waals surface area contributed by atoms with Gasteiger partial charge in [0.05, 0.1) is 6.54 Å². The predicted molar refractivity (Wildman–Crippen MR) is 39.4 cm³/mol. The normalized spacial score (nSPS) is 21.3. The maximum absolute atomic E-state index is 3.91. The molecule has 0 spiro atoms. The molecule has 0 aromatic carbocycles. The predicted octanol–water partition coefficient (Wildman–Crippen LogP) is 1.08. The summed E-state index contributed by atoms with van der Waals surface area (Å²) in [6.45, 7) is 0.820. The van der Waals surface area contributed by atoms with Gasteiger partial charge in [-0.2, -0.15) is 5.10 Å². The van der Waals surface area contributed by atoms with Crippen molar-refractivity contribution in [3.05, 3.63) is 24.3 Å². The van der Waals surface area contributed by atoms with Gasteiger partial charge in [-0.3, -0.25) is 0 Å². The van der Waals surface area contributed by atoms with Gasteiger partial charge in [0.15, 0.2) is 0 Å². The van der Waals surface area contributed by atoms with E-state index in [4.69, 9.17) is 0 Å². The largest absolute Gasteiger partial charge is 0.307 e. The molecule has 2 nitrogen and oxygen atoms in total. The molecular weight excluding hydrogens is 112 g/mol. The number of hydrogen-bond donors (Lipinski definition) is 1. The van der Waals surface area contributed by atoms with Gasteiger partial charge < -0.3 is 5.43 Å². The molecule has 0 saturated carbocycles. The summed E-state index contributed by atoms with van der Waals surface area (Å²) in [5.74, 6) is 0. The highest BCUT2D eigenvalue weighted by Gasteiger charge is 1.75. The Morgan fingerprint density at radius 2 is 2.11 bits per heavy atom.